The van der Waals surface area contributed by atoms with E-state index in [2.05, 4.69) is 5.32 Å². The van der Waals surface area contributed by atoms with Gasteiger partial charge in [0.25, 0.3) is 0 Å². The van der Waals surface area contributed by atoms with E-state index in [1.807, 2.05) is 0 Å². The van der Waals surface area contributed by atoms with Gasteiger partial charge in [-0.05, 0) is 26.3 Å². The number of hydrogen-bond donors (Lipinski definition) is 2. The van der Waals surface area contributed by atoms with Crippen molar-refractivity contribution in [2.45, 2.75) is 32.0 Å². The standard InChI is InChI=1S/C8H16N2O2/c1-6(8(9)11)12-7-3-2-4-10-5-7/h6-7,10H,2-5H2,1H3,(H2,9,11). The summed E-state index contributed by atoms with van der Waals surface area (Å²) in [7, 11) is 0. The molecule has 0 aromatic carbocycles. The van der Waals surface area contributed by atoms with Crippen LogP contribution in [0.4, 0.5) is 0 Å². The van der Waals surface area contributed by atoms with Gasteiger partial charge in [-0.2, -0.15) is 0 Å². The van der Waals surface area contributed by atoms with Crippen molar-refractivity contribution in [1.82, 2.24) is 5.32 Å². The zero-order valence-corrected chi connectivity index (χ0v) is 7.38. The van der Waals surface area contributed by atoms with E-state index in [0.29, 0.717) is 0 Å². The molecule has 1 aliphatic rings. The van der Waals surface area contributed by atoms with Crippen molar-refractivity contribution in [2.75, 3.05) is 13.1 Å². The van der Waals surface area contributed by atoms with Crippen molar-refractivity contribution in [3.05, 3.63) is 0 Å². The maximum atomic E-state index is 10.6. The number of carbonyl (C=O) groups is 1. The van der Waals surface area contributed by atoms with Crippen molar-refractivity contribution in [1.29, 1.82) is 0 Å². The molecule has 2 atom stereocenters. The normalized spacial score (nSPS) is 26.6. The number of ether oxygens (including phenoxy) is 1. The third-order valence-electron chi connectivity index (χ3n) is 2.05. The molecule has 0 aromatic heterocycles. The predicted octanol–water partition coefficient (Wildman–Crippen LogP) is -0.371. The summed E-state index contributed by atoms with van der Waals surface area (Å²) < 4.78 is 5.42. The fourth-order valence-electron chi connectivity index (χ4n) is 1.29. The molecule has 0 aliphatic carbocycles. The van der Waals surface area contributed by atoms with Crippen molar-refractivity contribution >= 4 is 5.91 Å². The van der Waals surface area contributed by atoms with Crippen molar-refractivity contribution < 1.29 is 9.53 Å². The highest BCUT2D eigenvalue weighted by Gasteiger charge is 2.18. The first kappa shape index (κ1) is 9.48. The fourth-order valence-corrected chi connectivity index (χ4v) is 1.29. The zero-order chi connectivity index (χ0) is 8.97. The molecule has 0 aromatic rings. The van der Waals surface area contributed by atoms with Gasteiger partial charge >= 0.3 is 0 Å². The Hall–Kier alpha value is -0.610. The van der Waals surface area contributed by atoms with Crippen molar-refractivity contribution in [3.63, 3.8) is 0 Å². The summed E-state index contributed by atoms with van der Waals surface area (Å²) in [6.07, 6.45) is 1.82. The minimum absolute atomic E-state index is 0.154. The summed E-state index contributed by atoms with van der Waals surface area (Å²) >= 11 is 0. The number of nitrogens with one attached hydrogen (secondary N) is 1. The molecule has 0 bridgehead atoms. The molecule has 2 unspecified atom stereocenters. The van der Waals surface area contributed by atoms with Crippen LogP contribution in [0.25, 0.3) is 0 Å². The van der Waals surface area contributed by atoms with Crippen LogP contribution in [0.1, 0.15) is 19.8 Å². The molecule has 0 spiro atoms. The number of carbonyl (C=O) groups excluding carboxylic acids is 1. The van der Waals surface area contributed by atoms with Crippen LogP contribution in [0.5, 0.6) is 0 Å². The number of nitrogens with two attached hydrogens (primary N) is 1. The first-order valence-corrected chi connectivity index (χ1v) is 4.35. The predicted molar refractivity (Wildman–Crippen MR) is 45.6 cm³/mol. The zero-order valence-electron chi connectivity index (χ0n) is 7.38. The van der Waals surface area contributed by atoms with Gasteiger partial charge in [0, 0.05) is 6.54 Å². The van der Waals surface area contributed by atoms with Gasteiger partial charge in [-0.3, -0.25) is 4.79 Å². The Morgan fingerprint density at radius 3 is 3.00 bits per heavy atom. The second-order valence-electron chi connectivity index (χ2n) is 3.15. The van der Waals surface area contributed by atoms with Gasteiger partial charge in [-0.15, -0.1) is 0 Å². The lowest BCUT2D eigenvalue weighted by Crippen LogP contribution is -2.40. The number of hydrogen-bond acceptors (Lipinski definition) is 3. The molecule has 4 nitrogen and oxygen atoms in total. The Morgan fingerprint density at radius 1 is 1.75 bits per heavy atom. The Bertz CT molecular complexity index is 155. The molecule has 1 rings (SSSR count). The number of amides is 1. The van der Waals surface area contributed by atoms with E-state index in [0.717, 1.165) is 25.9 Å². The third-order valence-corrected chi connectivity index (χ3v) is 2.05. The monoisotopic (exact) mass is 172 g/mol. The molecule has 1 heterocycles. The molecule has 1 fully saturated rings. The molecule has 12 heavy (non-hydrogen) atoms. The lowest BCUT2D eigenvalue weighted by Gasteiger charge is -2.25. The molecule has 1 amide bonds. The van der Waals surface area contributed by atoms with Gasteiger partial charge in [-0.1, -0.05) is 0 Å². The van der Waals surface area contributed by atoms with Gasteiger partial charge < -0.3 is 15.8 Å². The molecule has 4 heteroatoms. The SMILES string of the molecule is CC(OC1CCCNC1)C(N)=O. The van der Waals surface area contributed by atoms with Crippen LogP contribution in [-0.4, -0.2) is 31.2 Å². The average Bonchev–Trinajstić information content (AvgIpc) is 2.06. The van der Waals surface area contributed by atoms with Gasteiger partial charge in [0.15, 0.2) is 0 Å². The minimum Gasteiger partial charge on any atom is -0.367 e. The number of primary amides is 1. The van der Waals surface area contributed by atoms with Crippen LogP contribution in [0.3, 0.4) is 0 Å². The second-order valence-corrected chi connectivity index (χ2v) is 3.15. The molecule has 70 valence electrons. The van der Waals surface area contributed by atoms with Gasteiger partial charge in [-0.25, -0.2) is 0 Å². The maximum Gasteiger partial charge on any atom is 0.246 e. The Balaban J connectivity index is 2.24. The van der Waals surface area contributed by atoms with Crippen LogP contribution < -0.4 is 11.1 Å². The summed E-state index contributed by atoms with van der Waals surface area (Å²) in [6, 6.07) is 0. The molecule has 3 N–H and O–H groups in total. The van der Waals surface area contributed by atoms with E-state index < -0.39 is 6.10 Å². The summed E-state index contributed by atoms with van der Waals surface area (Å²) in [4.78, 5) is 10.6. The maximum absolute atomic E-state index is 10.6. The molecular formula is C8H16N2O2. The van der Waals surface area contributed by atoms with Crippen LogP contribution in [0, 0.1) is 0 Å². The van der Waals surface area contributed by atoms with E-state index >= 15 is 0 Å². The molecule has 1 saturated heterocycles. The van der Waals surface area contributed by atoms with Gasteiger partial charge in [0.05, 0.1) is 6.10 Å². The smallest absolute Gasteiger partial charge is 0.246 e. The van der Waals surface area contributed by atoms with Gasteiger partial charge in [0.2, 0.25) is 5.91 Å². The van der Waals surface area contributed by atoms with Crippen LogP contribution in [0.15, 0.2) is 0 Å². The Kier molecular flexibility index (Phi) is 3.49. The highest BCUT2D eigenvalue weighted by atomic mass is 16.5. The van der Waals surface area contributed by atoms with E-state index in [1.54, 1.807) is 6.92 Å². The first-order chi connectivity index (χ1) is 5.70. The minimum atomic E-state index is -0.463. The molecule has 0 saturated carbocycles. The quantitative estimate of drug-likeness (QED) is 0.610. The Labute approximate surface area is 72.5 Å². The summed E-state index contributed by atoms with van der Waals surface area (Å²) in [5, 5.41) is 3.20. The summed E-state index contributed by atoms with van der Waals surface area (Å²) in [5.41, 5.74) is 5.07. The van der Waals surface area contributed by atoms with Crippen LogP contribution in [-0.2, 0) is 9.53 Å². The van der Waals surface area contributed by atoms with Crippen LogP contribution in [0.2, 0.25) is 0 Å². The average molecular weight is 172 g/mol. The lowest BCUT2D eigenvalue weighted by molar-refractivity contribution is -0.132. The largest absolute Gasteiger partial charge is 0.367 e. The van der Waals surface area contributed by atoms with Crippen molar-refractivity contribution in [2.24, 2.45) is 5.73 Å². The number of piperidine rings is 1. The fraction of sp³-hybridized carbons (Fsp3) is 0.875. The van der Waals surface area contributed by atoms with E-state index in [4.69, 9.17) is 10.5 Å². The van der Waals surface area contributed by atoms with E-state index in [9.17, 15) is 4.79 Å². The lowest BCUT2D eigenvalue weighted by atomic mass is 10.1. The first-order valence-electron chi connectivity index (χ1n) is 4.35. The van der Waals surface area contributed by atoms with Crippen molar-refractivity contribution in [3.8, 4) is 0 Å². The molecule has 0 radical (unpaired) electrons. The highest BCUT2D eigenvalue weighted by molar-refractivity contribution is 5.78. The molecular weight excluding hydrogens is 156 g/mol. The van der Waals surface area contributed by atoms with Crippen LogP contribution >= 0.6 is 0 Å². The summed E-state index contributed by atoms with van der Waals surface area (Å²) in [5.74, 6) is -0.388. The molecule has 1 aliphatic heterocycles. The third kappa shape index (κ3) is 2.79. The Morgan fingerprint density at radius 2 is 2.50 bits per heavy atom. The van der Waals surface area contributed by atoms with E-state index in [1.165, 1.54) is 0 Å². The second kappa shape index (κ2) is 4.42. The summed E-state index contributed by atoms with van der Waals surface area (Å²) in [6.45, 7) is 3.57. The topological polar surface area (TPSA) is 64.3 Å². The highest BCUT2D eigenvalue weighted by Crippen LogP contribution is 2.08. The van der Waals surface area contributed by atoms with E-state index in [-0.39, 0.29) is 12.0 Å². The number of rotatable bonds is 3. The van der Waals surface area contributed by atoms with Gasteiger partial charge in [0.1, 0.15) is 6.10 Å².